The molecule has 0 aliphatic carbocycles. The molecule has 2 N–H and O–H groups in total. The van der Waals surface area contributed by atoms with Crippen molar-refractivity contribution in [3.8, 4) is 0 Å². The second kappa shape index (κ2) is 9.32. The van der Waals surface area contributed by atoms with E-state index in [1.54, 1.807) is 18.2 Å². The zero-order valence-electron chi connectivity index (χ0n) is 12.3. The molecule has 0 spiro atoms. The van der Waals surface area contributed by atoms with Gasteiger partial charge in [0.15, 0.2) is 6.61 Å². The van der Waals surface area contributed by atoms with E-state index in [-0.39, 0.29) is 10.6 Å². The van der Waals surface area contributed by atoms with E-state index in [4.69, 9.17) is 16.3 Å². The normalized spacial score (nSPS) is 9.95. The summed E-state index contributed by atoms with van der Waals surface area (Å²) in [7, 11) is 0. The van der Waals surface area contributed by atoms with Gasteiger partial charge in [-0.15, -0.1) is 11.8 Å². The Kier molecular flexibility index (Phi) is 7.76. The highest BCUT2D eigenvalue weighted by molar-refractivity contribution is 7.98. The fraction of sp³-hybridized carbons (Fsp3) is 0.357. The van der Waals surface area contributed by atoms with Gasteiger partial charge < -0.3 is 10.1 Å². The first kappa shape index (κ1) is 18.3. The maximum absolute atomic E-state index is 11.9. The van der Waals surface area contributed by atoms with Gasteiger partial charge in [0.05, 0.1) is 10.6 Å². The van der Waals surface area contributed by atoms with Crippen molar-refractivity contribution in [3.63, 3.8) is 0 Å². The predicted octanol–water partition coefficient (Wildman–Crippen LogP) is 2.45. The standard InChI is InChI=1S/C14H17ClN2O4S/c1-3-6-16-14(20)17-12(18)8-21-13(19)10-7-9(22-2)4-5-11(10)15/h4-5,7H,3,6,8H2,1-2H3,(H2,16,17,18,20). The summed E-state index contributed by atoms with van der Waals surface area (Å²) < 4.78 is 4.85. The van der Waals surface area contributed by atoms with Crippen LogP contribution in [-0.4, -0.2) is 37.3 Å². The van der Waals surface area contributed by atoms with E-state index in [9.17, 15) is 14.4 Å². The van der Waals surface area contributed by atoms with Crippen molar-refractivity contribution in [1.29, 1.82) is 0 Å². The molecule has 3 amide bonds. The summed E-state index contributed by atoms with van der Waals surface area (Å²) in [5.74, 6) is -1.43. The van der Waals surface area contributed by atoms with Crippen LogP contribution in [0.2, 0.25) is 5.02 Å². The van der Waals surface area contributed by atoms with Gasteiger partial charge in [0.25, 0.3) is 5.91 Å². The highest BCUT2D eigenvalue weighted by Gasteiger charge is 2.15. The monoisotopic (exact) mass is 344 g/mol. The number of urea groups is 1. The number of ether oxygens (including phenoxy) is 1. The van der Waals surface area contributed by atoms with Crippen molar-refractivity contribution in [2.75, 3.05) is 19.4 Å². The van der Waals surface area contributed by atoms with E-state index >= 15 is 0 Å². The fourth-order valence-electron chi connectivity index (χ4n) is 1.44. The lowest BCUT2D eigenvalue weighted by molar-refractivity contribution is -0.123. The van der Waals surface area contributed by atoms with Crippen LogP contribution in [-0.2, 0) is 9.53 Å². The average molecular weight is 345 g/mol. The van der Waals surface area contributed by atoms with Crippen LogP contribution in [0, 0.1) is 0 Å². The summed E-state index contributed by atoms with van der Waals surface area (Å²) in [5, 5.41) is 4.77. The Hall–Kier alpha value is -1.73. The lowest BCUT2D eigenvalue weighted by Crippen LogP contribution is -2.41. The number of hydrogen-bond acceptors (Lipinski definition) is 5. The maximum Gasteiger partial charge on any atom is 0.340 e. The van der Waals surface area contributed by atoms with Crippen molar-refractivity contribution < 1.29 is 19.1 Å². The SMILES string of the molecule is CCCNC(=O)NC(=O)COC(=O)c1cc(SC)ccc1Cl. The van der Waals surface area contributed by atoms with Gasteiger partial charge in [-0.1, -0.05) is 18.5 Å². The molecule has 120 valence electrons. The molecular weight excluding hydrogens is 328 g/mol. The molecule has 0 heterocycles. The number of thioether (sulfide) groups is 1. The van der Waals surface area contributed by atoms with Gasteiger partial charge in [-0.2, -0.15) is 0 Å². The van der Waals surface area contributed by atoms with E-state index in [1.807, 2.05) is 13.2 Å². The van der Waals surface area contributed by atoms with E-state index in [2.05, 4.69) is 10.6 Å². The van der Waals surface area contributed by atoms with Gasteiger partial charge in [0.2, 0.25) is 0 Å². The van der Waals surface area contributed by atoms with Crippen molar-refractivity contribution >= 4 is 41.3 Å². The topological polar surface area (TPSA) is 84.5 Å². The van der Waals surface area contributed by atoms with Gasteiger partial charge >= 0.3 is 12.0 Å². The number of rotatable bonds is 6. The second-order valence-electron chi connectivity index (χ2n) is 4.23. The Morgan fingerprint density at radius 3 is 2.68 bits per heavy atom. The van der Waals surface area contributed by atoms with Crippen molar-refractivity contribution in [2.24, 2.45) is 0 Å². The third-order valence-electron chi connectivity index (χ3n) is 2.52. The van der Waals surface area contributed by atoms with E-state index in [0.29, 0.717) is 6.54 Å². The highest BCUT2D eigenvalue weighted by Crippen LogP contribution is 2.23. The summed E-state index contributed by atoms with van der Waals surface area (Å²) in [6.45, 7) is 1.78. The van der Waals surface area contributed by atoms with Crippen LogP contribution in [0.4, 0.5) is 4.79 Å². The van der Waals surface area contributed by atoms with Crippen molar-refractivity contribution in [2.45, 2.75) is 18.2 Å². The number of halogens is 1. The van der Waals surface area contributed by atoms with Crippen LogP contribution < -0.4 is 10.6 Å². The molecule has 1 rings (SSSR count). The molecular formula is C14H17ClN2O4S. The zero-order chi connectivity index (χ0) is 16.5. The lowest BCUT2D eigenvalue weighted by atomic mass is 10.2. The van der Waals surface area contributed by atoms with Crippen LogP contribution in [0.15, 0.2) is 23.1 Å². The molecule has 0 unspecified atom stereocenters. The Morgan fingerprint density at radius 1 is 1.32 bits per heavy atom. The molecule has 0 aliphatic rings. The summed E-state index contributed by atoms with van der Waals surface area (Å²) >= 11 is 7.38. The lowest BCUT2D eigenvalue weighted by Gasteiger charge is -2.08. The van der Waals surface area contributed by atoms with Crippen LogP contribution in [0.25, 0.3) is 0 Å². The van der Waals surface area contributed by atoms with Crippen LogP contribution in [0.3, 0.4) is 0 Å². The highest BCUT2D eigenvalue weighted by atomic mass is 35.5. The molecule has 0 radical (unpaired) electrons. The number of carbonyl (C=O) groups is 3. The zero-order valence-corrected chi connectivity index (χ0v) is 13.8. The Morgan fingerprint density at radius 2 is 2.05 bits per heavy atom. The molecule has 0 atom stereocenters. The molecule has 0 saturated heterocycles. The maximum atomic E-state index is 11.9. The van der Waals surface area contributed by atoms with Gasteiger partial charge in [-0.3, -0.25) is 10.1 Å². The largest absolute Gasteiger partial charge is 0.452 e. The van der Waals surface area contributed by atoms with Crippen molar-refractivity contribution in [1.82, 2.24) is 10.6 Å². The molecule has 0 saturated carbocycles. The molecule has 0 aliphatic heterocycles. The Labute approximate surface area is 137 Å². The Balaban J connectivity index is 2.52. The van der Waals surface area contributed by atoms with Gasteiger partial charge in [0, 0.05) is 11.4 Å². The number of amides is 3. The second-order valence-corrected chi connectivity index (χ2v) is 5.51. The third kappa shape index (κ3) is 5.95. The molecule has 1 aromatic carbocycles. The third-order valence-corrected chi connectivity index (χ3v) is 3.57. The molecule has 6 nitrogen and oxygen atoms in total. The molecule has 8 heteroatoms. The van der Waals surface area contributed by atoms with E-state index < -0.39 is 24.5 Å². The van der Waals surface area contributed by atoms with Crippen LogP contribution in [0.1, 0.15) is 23.7 Å². The Bertz CT molecular complexity index is 566. The smallest absolute Gasteiger partial charge is 0.340 e. The van der Waals surface area contributed by atoms with E-state index in [1.165, 1.54) is 11.8 Å². The minimum atomic E-state index is -0.718. The number of benzene rings is 1. The minimum Gasteiger partial charge on any atom is -0.452 e. The summed E-state index contributed by atoms with van der Waals surface area (Å²) in [5.41, 5.74) is 0.178. The summed E-state index contributed by atoms with van der Waals surface area (Å²) in [6.07, 6.45) is 2.61. The molecule has 1 aromatic rings. The van der Waals surface area contributed by atoms with E-state index in [0.717, 1.165) is 11.3 Å². The number of hydrogen-bond donors (Lipinski definition) is 2. The quantitative estimate of drug-likeness (QED) is 0.611. The first-order valence-corrected chi connectivity index (χ1v) is 8.16. The number of carbonyl (C=O) groups excluding carboxylic acids is 3. The van der Waals surface area contributed by atoms with Gasteiger partial charge in [-0.25, -0.2) is 9.59 Å². The number of esters is 1. The molecule has 0 aromatic heterocycles. The summed E-state index contributed by atoms with van der Waals surface area (Å²) in [4.78, 5) is 35.5. The minimum absolute atomic E-state index is 0.178. The summed E-state index contributed by atoms with van der Waals surface area (Å²) in [6, 6.07) is 4.32. The molecule has 0 fully saturated rings. The van der Waals surface area contributed by atoms with Crippen LogP contribution >= 0.6 is 23.4 Å². The van der Waals surface area contributed by atoms with Gasteiger partial charge in [0.1, 0.15) is 0 Å². The molecule has 0 bridgehead atoms. The predicted molar refractivity (Wildman–Crippen MR) is 85.3 cm³/mol. The van der Waals surface area contributed by atoms with Crippen molar-refractivity contribution in [3.05, 3.63) is 28.8 Å². The average Bonchev–Trinajstić information content (AvgIpc) is 2.51. The molecule has 22 heavy (non-hydrogen) atoms. The number of imide groups is 1. The first-order valence-electron chi connectivity index (χ1n) is 6.56. The fourth-order valence-corrected chi connectivity index (χ4v) is 2.08. The first-order chi connectivity index (χ1) is 10.5. The van der Waals surface area contributed by atoms with Gasteiger partial charge in [-0.05, 0) is 30.9 Å². The number of nitrogens with one attached hydrogen (secondary N) is 2. The van der Waals surface area contributed by atoms with Crippen LogP contribution in [0.5, 0.6) is 0 Å².